The Morgan fingerprint density at radius 3 is 2.71 bits per heavy atom. The zero-order valence-corrected chi connectivity index (χ0v) is 10.3. The molecule has 0 unspecified atom stereocenters. The van der Waals surface area contributed by atoms with Gasteiger partial charge in [-0.1, -0.05) is 19.4 Å². The summed E-state index contributed by atoms with van der Waals surface area (Å²) < 4.78 is 25.5. The van der Waals surface area contributed by atoms with Gasteiger partial charge in [0.1, 0.15) is 0 Å². The van der Waals surface area contributed by atoms with Crippen LogP contribution in [-0.4, -0.2) is 25.2 Å². The van der Waals surface area contributed by atoms with E-state index in [9.17, 15) is 13.2 Å². The fraction of sp³-hybridized carbons (Fsp3) is 0.364. The number of carboxylic acid groups (broad SMARTS) is 1. The lowest BCUT2D eigenvalue weighted by molar-refractivity contribution is 0.0697. The number of nitrogens with one attached hydrogen (secondary N) is 1. The van der Waals surface area contributed by atoms with Crippen molar-refractivity contribution in [1.29, 1.82) is 0 Å². The van der Waals surface area contributed by atoms with Gasteiger partial charge in [-0.05, 0) is 24.6 Å². The highest BCUT2D eigenvalue weighted by atomic mass is 32.2. The fourth-order valence-corrected chi connectivity index (χ4v) is 2.54. The van der Waals surface area contributed by atoms with Crippen molar-refractivity contribution in [3.05, 3.63) is 29.8 Å². The number of rotatable bonds is 6. The first-order chi connectivity index (χ1) is 7.94. The molecule has 0 bridgehead atoms. The molecule has 0 saturated heterocycles. The van der Waals surface area contributed by atoms with Crippen LogP contribution in [0.2, 0.25) is 0 Å². The number of unbranched alkanes of at least 4 members (excludes halogenated alkanes) is 1. The van der Waals surface area contributed by atoms with E-state index in [0.29, 0.717) is 6.42 Å². The summed E-state index contributed by atoms with van der Waals surface area (Å²) in [5.74, 6) is -1.04. The molecule has 1 aromatic rings. The first-order valence-corrected chi connectivity index (χ1v) is 6.93. The van der Waals surface area contributed by atoms with Crippen LogP contribution >= 0.6 is 0 Å². The molecule has 1 aromatic carbocycles. The van der Waals surface area contributed by atoms with Crippen LogP contribution in [-0.2, 0) is 10.0 Å². The van der Waals surface area contributed by atoms with E-state index in [1.807, 2.05) is 6.92 Å². The lowest BCUT2D eigenvalue weighted by Crippen LogP contribution is -2.16. The summed E-state index contributed by atoms with van der Waals surface area (Å²) >= 11 is 0. The van der Waals surface area contributed by atoms with Gasteiger partial charge in [-0.3, -0.25) is 4.72 Å². The van der Waals surface area contributed by atoms with E-state index in [0.717, 1.165) is 6.42 Å². The highest BCUT2D eigenvalue weighted by Crippen LogP contribution is 2.13. The predicted molar refractivity (Wildman–Crippen MR) is 65.7 cm³/mol. The third-order valence-electron chi connectivity index (χ3n) is 2.15. The summed E-state index contributed by atoms with van der Waals surface area (Å²) in [6.07, 6.45) is 1.37. The maximum absolute atomic E-state index is 11.6. The van der Waals surface area contributed by atoms with Crippen LogP contribution in [0.5, 0.6) is 0 Å². The molecule has 6 heteroatoms. The van der Waals surface area contributed by atoms with Gasteiger partial charge in [0.2, 0.25) is 10.0 Å². The SMILES string of the molecule is CCCCS(=O)(=O)Nc1cccc(C(=O)O)c1. The molecule has 2 N–H and O–H groups in total. The largest absolute Gasteiger partial charge is 0.478 e. The van der Waals surface area contributed by atoms with Gasteiger partial charge in [-0.2, -0.15) is 0 Å². The Hall–Kier alpha value is -1.56. The number of hydrogen-bond acceptors (Lipinski definition) is 3. The van der Waals surface area contributed by atoms with Crippen molar-refractivity contribution in [3.63, 3.8) is 0 Å². The normalized spacial score (nSPS) is 11.1. The summed E-state index contributed by atoms with van der Waals surface area (Å²) in [6.45, 7) is 1.90. The first kappa shape index (κ1) is 13.5. The molecule has 0 saturated carbocycles. The number of carboxylic acids is 1. The van der Waals surface area contributed by atoms with E-state index in [2.05, 4.69) is 4.72 Å². The molecule has 0 aliphatic heterocycles. The number of carbonyl (C=O) groups is 1. The van der Waals surface area contributed by atoms with Gasteiger partial charge in [0.15, 0.2) is 0 Å². The van der Waals surface area contributed by atoms with Crippen LogP contribution in [0.25, 0.3) is 0 Å². The van der Waals surface area contributed by atoms with Crippen molar-refractivity contribution >= 4 is 21.7 Å². The number of aromatic carboxylic acids is 1. The van der Waals surface area contributed by atoms with Crippen molar-refractivity contribution in [2.75, 3.05) is 10.5 Å². The summed E-state index contributed by atoms with van der Waals surface area (Å²) in [4.78, 5) is 10.7. The molecule has 0 aliphatic rings. The highest BCUT2D eigenvalue weighted by molar-refractivity contribution is 7.92. The van der Waals surface area contributed by atoms with E-state index < -0.39 is 16.0 Å². The molecule has 0 radical (unpaired) electrons. The van der Waals surface area contributed by atoms with Crippen molar-refractivity contribution in [3.8, 4) is 0 Å². The number of hydrogen-bond donors (Lipinski definition) is 2. The molecule has 94 valence electrons. The molecule has 0 aromatic heterocycles. The van der Waals surface area contributed by atoms with Crippen LogP contribution < -0.4 is 4.72 Å². The molecule has 0 heterocycles. The predicted octanol–water partition coefficient (Wildman–Crippen LogP) is 1.93. The molecule has 0 fully saturated rings. The minimum atomic E-state index is -3.38. The molecule has 0 amide bonds. The van der Waals surface area contributed by atoms with Gasteiger partial charge in [-0.15, -0.1) is 0 Å². The van der Waals surface area contributed by atoms with E-state index >= 15 is 0 Å². The van der Waals surface area contributed by atoms with E-state index in [4.69, 9.17) is 5.11 Å². The second-order valence-electron chi connectivity index (χ2n) is 3.66. The van der Waals surface area contributed by atoms with Crippen LogP contribution in [0.15, 0.2) is 24.3 Å². The average Bonchev–Trinajstić information content (AvgIpc) is 2.26. The lowest BCUT2D eigenvalue weighted by atomic mass is 10.2. The van der Waals surface area contributed by atoms with Crippen molar-refractivity contribution in [1.82, 2.24) is 0 Å². The maximum atomic E-state index is 11.6. The van der Waals surface area contributed by atoms with Crippen LogP contribution in [0, 0.1) is 0 Å². The van der Waals surface area contributed by atoms with Gasteiger partial charge < -0.3 is 5.11 Å². The fourth-order valence-electron chi connectivity index (χ4n) is 1.28. The minimum absolute atomic E-state index is 0.0425. The third-order valence-corrected chi connectivity index (χ3v) is 3.52. The lowest BCUT2D eigenvalue weighted by Gasteiger charge is -2.07. The first-order valence-electron chi connectivity index (χ1n) is 5.28. The second kappa shape index (κ2) is 5.67. The zero-order chi connectivity index (χ0) is 12.9. The Balaban J connectivity index is 2.81. The molecular weight excluding hydrogens is 242 g/mol. The summed E-state index contributed by atoms with van der Waals surface area (Å²) in [5.41, 5.74) is 0.335. The van der Waals surface area contributed by atoms with Crippen molar-refractivity contribution < 1.29 is 18.3 Å². The molecule has 0 aliphatic carbocycles. The van der Waals surface area contributed by atoms with Gasteiger partial charge in [0.05, 0.1) is 11.3 Å². The summed E-state index contributed by atoms with van der Waals surface area (Å²) in [5, 5.41) is 8.77. The molecule has 5 nitrogen and oxygen atoms in total. The smallest absolute Gasteiger partial charge is 0.335 e. The van der Waals surface area contributed by atoms with E-state index in [1.54, 1.807) is 0 Å². The third kappa shape index (κ3) is 4.44. The van der Waals surface area contributed by atoms with E-state index in [1.165, 1.54) is 24.3 Å². The van der Waals surface area contributed by atoms with Crippen LogP contribution in [0.4, 0.5) is 5.69 Å². The van der Waals surface area contributed by atoms with Gasteiger partial charge in [-0.25, -0.2) is 13.2 Å². The Morgan fingerprint density at radius 1 is 1.41 bits per heavy atom. The summed E-state index contributed by atoms with van der Waals surface area (Å²) in [6, 6.07) is 5.73. The Bertz CT molecular complexity index is 496. The Labute approximate surface area is 101 Å². The molecule has 1 rings (SSSR count). The zero-order valence-electron chi connectivity index (χ0n) is 9.51. The average molecular weight is 257 g/mol. The van der Waals surface area contributed by atoms with Gasteiger partial charge in [0, 0.05) is 5.69 Å². The molecular formula is C11H15NO4S. The van der Waals surface area contributed by atoms with Gasteiger partial charge in [0.25, 0.3) is 0 Å². The van der Waals surface area contributed by atoms with Crippen LogP contribution in [0.3, 0.4) is 0 Å². The molecule has 0 atom stereocenters. The summed E-state index contributed by atoms with van der Waals surface area (Å²) in [7, 11) is -3.38. The minimum Gasteiger partial charge on any atom is -0.478 e. The number of sulfonamides is 1. The second-order valence-corrected chi connectivity index (χ2v) is 5.50. The monoisotopic (exact) mass is 257 g/mol. The van der Waals surface area contributed by atoms with E-state index in [-0.39, 0.29) is 17.0 Å². The van der Waals surface area contributed by atoms with Crippen molar-refractivity contribution in [2.24, 2.45) is 0 Å². The standard InChI is InChI=1S/C11H15NO4S/c1-2-3-7-17(15,16)12-10-6-4-5-9(8-10)11(13)14/h4-6,8,12H,2-3,7H2,1H3,(H,13,14). The maximum Gasteiger partial charge on any atom is 0.335 e. The van der Waals surface area contributed by atoms with Gasteiger partial charge >= 0.3 is 5.97 Å². The number of anilines is 1. The molecule has 17 heavy (non-hydrogen) atoms. The van der Waals surface area contributed by atoms with Crippen LogP contribution in [0.1, 0.15) is 30.1 Å². The number of benzene rings is 1. The van der Waals surface area contributed by atoms with Crippen molar-refractivity contribution in [2.45, 2.75) is 19.8 Å². The quantitative estimate of drug-likeness (QED) is 0.815. The Morgan fingerprint density at radius 2 is 2.12 bits per heavy atom. The highest BCUT2D eigenvalue weighted by Gasteiger charge is 2.10. The topological polar surface area (TPSA) is 83.5 Å². The molecule has 0 spiro atoms. The Kier molecular flexibility index (Phi) is 4.51.